The van der Waals surface area contributed by atoms with Crippen molar-refractivity contribution < 1.29 is 0 Å². The maximum atomic E-state index is 7.85. The van der Waals surface area contributed by atoms with Crippen molar-refractivity contribution in [3.05, 3.63) is 11.1 Å². The molecule has 0 aliphatic heterocycles. The Morgan fingerprint density at radius 1 is 1.31 bits per heavy atom. The summed E-state index contributed by atoms with van der Waals surface area (Å²) in [7, 11) is 0. The Morgan fingerprint density at radius 3 is 2.62 bits per heavy atom. The van der Waals surface area contributed by atoms with Crippen LogP contribution < -0.4 is 0 Å². The second-order valence-electron chi connectivity index (χ2n) is 4.05. The van der Waals surface area contributed by atoms with Crippen LogP contribution in [0.5, 0.6) is 0 Å². The third-order valence-electron chi connectivity index (χ3n) is 2.89. The number of rotatable bonds is 3. The van der Waals surface area contributed by atoms with E-state index in [0.29, 0.717) is 0 Å². The van der Waals surface area contributed by atoms with Crippen LogP contribution in [0.2, 0.25) is 0 Å². The summed E-state index contributed by atoms with van der Waals surface area (Å²) in [5, 5.41) is 7.85. The van der Waals surface area contributed by atoms with Crippen LogP contribution in [0.1, 0.15) is 58.8 Å². The Bertz CT molecular complexity index is 213. The van der Waals surface area contributed by atoms with Gasteiger partial charge in [-0.1, -0.05) is 18.9 Å². The van der Waals surface area contributed by atoms with E-state index >= 15 is 0 Å². The second-order valence-corrected chi connectivity index (χ2v) is 4.05. The predicted molar refractivity (Wildman–Crippen MR) is 58.4 cm³/mol. The molecule has 0 atom stereocenters. The summed E-state index contributed by atoms with van der Waals surface area (Å²) in [5.41, 5.74) is 3.77. The van der Waals surface area contributed by atoms with Crippen LogP contribution in [0.25, 0.3) is 0 Å². The lowest BCUT2D eigenvalue weighted by atomic mass is 9.88. The maximum absolute atomic E-state index is 7.85. The first-order valence-electron chi connectivity index (χ1n) is 5.52. The molecular weight excluding hydrogens is 158 g/mol. The maximum Gasteiger partial charge on any atom is 0.0345 e. The predicted octanol–water partition coefficient (Wildman–Crippen LogP) is 4.09. The number of hydrogen-bond acceptors (Lipinski definition) is 1. The van der Waals surface area contributed by atoms with E-state index in [1.165, 1.54) is 43.3 Å². The van der Waals surface area contributed by atoms with Crippen molar-refractivity contribution in [2.75, 3.05) is 0 Å². The van der Waals surface area contributed by atoms with Gasteiger partial charge in [-0.2, -0.15) is 0 Å². The normalized spacial score (nSPS) is 21.8. The van der Waals surface area contributed by atoms with Crippen molar-refractivity contribution in [2.24, 2.45) is 0 Å². The number of hydrogen-bond donors (Lipinski definition) is 1. The molecule has 0 spiro atoms. The average molecular weight is 179 g/mol. The SMILES string of the molecule is CCCC/C(C)=C1\CCCCC1=N. The van der Waals surface area contributed by atoms with Crippen molar-refractivity contribution in [3.8, 4) is 0 Å². The molecule has 0 aromatic rings. The average Bonchev–Trinajstić information content (AvgIpc) is 2.15. The largest absolute Gasteiger partial charge is 0.305 e. The Labute approximate surface area is 81.7 Å². The first-order valence-corrected chi connectivity index (χ1v) is 5.52. The van der Waals surface area contributed by atoms with Gasteiger partial charge in [0.05, 0.1) is 0 Å². The molecule has 0 heterocycles. The topological polar surface area (TPSA) is 23.9 Å². The lowest BCUT2D eigenvalue weighted by Gasteiger charge is -2.18. The van der Waals surface area contributed by atoms with Crippen molar-refractivity contribution >= 4 is 5.71 Å². The molecule has 0 bridgehead atoms. The van der Waals surface area contributed by atoms with Crippen molar-refractivity contribution in [1.29, 1.82) is 5.41 Å². The summed E-state index contributed by atoms with van der Waals surface area (Å²) < 4.78 is 0. The van der Waals surface area contributed by atoms with Crippen LogP contribution in [0.15, 0.2) is 11.1 Å². The molecule has 1 saturated carbocycles. The summed E-state index contributed by atoms with van der Waals surface area (Å²) in [4.78, 5) is 0. The van der Waals surface area contributed by atoms with E-state index in [1.807, 2.05) is 0 Å². The quantitative estimate of drug-likeness (QED) is 0.675. The van der Waals surface area contributed by atoms with Gasteiger partial charge in [-0.15, -0.1) is 0 Å². The van der Waals surface area contributed by atoms with Crippen LogP contribution in [0.3, 0.4) is 0 Å². The van der Waals surface area contributed by atoms with Crippen LogP contribution in [0.4, 0.5) is 0 Å². The van der Waals surface area contributed by atoms with Crippen LogP contribution in [-0.4, -0.2) is 5.71 Å². The van der Waals surface area contributed by atoms with Gasteiger partial charge >= 0.3 is 0 Å². The fourth-order valence-corrected chi connectivity index (χ4v) is 1.97. The van der Waals surface area contributed by atoms with Gasteiger partial charge in [-0.05, 0) is 51.0 Å². The highest BCUT2D eigenvalue weighted by Gasteiger charge is 2.13. The molecule has 0 amide bonds. The van der Waals surface area contributed by atoms with Gasteiger partial charge in [0, 0.05) is 5.71 Å². The molecule has 1 fully saturated rings. The minimum atomic E-state index is 0.917. The molecule has 1 rings (SSSR count). The van der Waals surface area contributed by atoms with E-state index in [2.05, 4.69) is 13.8 Å². The first-order chi connectivity index (χ1) is 6.25. The third kappa shape index (κ3) is 2.98. The smallest absolute Gasteiger partial charge is 0.0345 e. The van der Waals surface area contributed by atoms with Crippen LogP contribution >= 0.6 is 0 Å². The third-order valence-corrected chi connectivity index (χ3v) is 2.89. The zero-order chi connectivity index (χ0) is 9.68. The van der Waals surface area contributed by atoms with Gasteiger partial charge in [0.2, 0.25) is 0 Å². The highest BCUT2D eigenvalue weighted by Crippen LogP contribution is 2.25. The molecule has 0 aromatic heterocycles. The number of unbranched alkanes of at least 4 members (excludes halogenated alkanes) is 1. The fourth-order valence-electron chi connectivity index (χ4n) is 1.97. The minimum absolute atomic E-state index is 0.917. The van der Waals surface area contributed by atoms with E-state index in [0.717, 1.165) is 18.6 Å². The zero-order valence-corrected chi connectivity index (χ0v) is 8.95. The molecule has 13 heavy (non-hydrogen) atoms. The highest BCUT2D eigenvalue weighted by molar-refractivity contribution is 5.98. The lowest BCUT2D eigenvalue weighted by Crippen LogP contribution is -2.09. The lowest BCUT2D eigenvalue weighted by molar-refractivity contribution is 0.710. The first kappa shape index (κ1) is 10.5. The molecule has 1 heteroatoms. The van der Waals surface area contributed by atoms with E-state index in [4.69, 9.17) is 5.41 Å². The summed E-state index contributed by atoms with van der Waals surface area (Å²) >= 11 is 0. The Hall–Kier alpha value is -0.590. The van der Waals surface area contributed by atoms with Crippen LogP contribution in [0, 0.1) is 5.41 Å². The minimum Gasteiger partial charge on any atom is -0.305 e. The summed E-state index contributed by atoms with van der Waals surface area (Å²) in [6.07, 6.45) is 8.44. The van der Waals surface area contributed by atoms with Crippen molar-refractivity contribution in [1.82, 2.24) is 0 Å². The van der Waals surface area contributed by atoms with E-state index in [-0.39, 0.29) is 0 Å². The van der Waals surface area contributed by atoms with E-state index < -0.39 is 0 Å². The van der Waals surface area contributed by atoms with Gasteiger partial charge in [-0.25, -0.2) is 0 Å². The van der Waals surface area contributed by atoms with Gasteiger partial charge in [0.15, 0.2) is 0 Å². The van der Waals surface area contributed by atoms with Crippen LogP contribution in [-0.2, 0) is 0 Å². The monoisotopic (exact) mass is 179 g/mol. The molecule has 0 radical (unpaired) electrons. The molecular formula is C12H21N. The standard InChI is InChI=1S/C12H21N/c1-3-4-7-10(2)11-8-5-6-9-12(11)13/h13H,3-9H2,1-2H3/b11-10+,13-12?. The summed E-state index contributed by atoms with van der Waals surface area (Å²) in [6.45, 7) is 4.44. The highest BCUT2D eigenvalue weighted by atomic mass is 14.4. The molecule has 1 aliphatic carbocycles. The summed E-state index contributed by atoms with van der Waals surface area (Å²) in [5.74, 6) is 0. The molecule has 1 N–H and O–H groups in total. The molecule has 74 valence electrons. The molecule has 1 nitrogen and oxygen atoms in total. The Balaban J connectivity index is 2.58. The number of allylic oxidation sites excluding steroid dienone is 2. The second kappa shape index (κ2) is 5.21. The van der Waals surface area contributed by atoms with Gasteiger partial charge < -0.3 is 5.41 Å². The number of nitrogens with one attached hydrogen (secondary N) is 1. The van der Waals surface area contributed by atoms with E-state index in [1.54, 1.807) is 0 Å². The molecule has 0 aromatic carbocycles. The Kier molecular flexibility index (Phi) is 4.20. The molecule has 0 saturated heterocycles. The molecule has 0 unspecified atom stereocenters. The van der Waals surface area contributed by atoms with Gasteiger partial charge in [0.25, 0.3) is 0 Å². The van der Waals surface area contributed by atoms with Gasteiger partial charge in [-0.3, -0.25) is 0 Å². The summed E-state index contributed by atoms with van der Waals surface area (Å²) in [6, 6.07) is 0. The van der Waals surface area contributed by atoms with Gasteiger partial charge in [0.1, 0.15) is 0 Å². The molecule has 1 aliphatic rings. The Morgan fingerprint density at radius 2 is 2.00 bits per heavy atom. The van der Waals surface area contributed by atoms with Crippen molar-refractivity contribution in [2.45, 2.75) is 58.8 Å². The zero-order valence-electron chi connectivity index (χ0n) is 8.95. The van der Waals surface area contributed by atoms with Crippen molar-refractivity contribution in [3.63, 3.8) is 0 Å². The fraction of sp³-hybridized carbons (Fsp3) is 0.750. The van der Waals surface area contributed by atoms with E-state index in [9.17, 15) is 0 Å².